The Kier molecular flexibility index (Phi) is 8.55. The molecule has 0 aliphatic heterocycles. The van der Waals surface area contributed by atoms with Gasteiger partial charge in [-0.3, -0.25) is 14.9 Å². The highest BCUT2D eigenvalue weighted by molar-refractivity contribution is 7.80. The van der Waals surface area contributed by atoms with Crippen LogP contribution in [-0.4, -0.2) is 35.5 Å². The molecular formula is C26H27N3O3S. The van der Waals surface area contributed by atoms with Crippen LogP contribution >= 0.6 is 12.2 Å². The van der Waals surface area contributed by atoms with E-state index in [1.165, 1.54) is 0 Å². The molecule has 0 aliphatic carbocycles. The third-order valence-electron chi connectivity index (χ3n) is 4.81. The Morgan fingerprint density at radius 2 is 1.70 bits per heavy atom. The average molecular weight is 462 g/mol. The summed E-state index contributed by atoms with van der Waals surface area (Å²) in [4.78, 5) is 27.3. The first-order valence-corrected chi connectivity index (χ1v) is 11.1. The minimum atomic E-state index is -0.362. The Labute approximate surface area is 199 Å². The van der Waals surface area contributed by atoms with Crippen LogP contribution in [0.5, 0.6) is 5.75 Å². The van der Waals surface area contributed by atoms with Crippen LogP contribution in [0.4, 0.5) is 5.69 Å². The molecule has 0 atom stereocenters. The summed E-state index contributed by atoms with van der Waals surface area (Å²) in [5.41, 5.74) is 2.45. The minimum Gasteiger partial charge on any atom is -0.494 e. The van der Waals surface area contributed by atoms with Gasteiger partial charge in [-0.15, -0.1) is 0 Å². The average Bonchev–Trinajstić information content (AvgIpc) is 2.83. The lowest BCUT2D eigenvalue weighted by atomic mass is 10.1. The predicted molar refractivity (Wildman–Crippen MR) is 135 cm³/mol. The van der Waals surface area contributed by atoms with Crippen molar-refractivity contribution in [2.45, 2.75) is 19.9 Å². The summed E-state index contributed by atoms with van der Waals surface area (Å²) in [6, 6.07) is 23.8. The van der Waals surface area contributed by atoms with E-state index in [9.17, 15) is 9.59 Å². The molecule has 0 heterocycles. The molecule has 3 aromatic carbocycles. The van der Waals surface area contributed by atoms with E-state index in [0.29, 0.717) is 35.7 Å². The van der Waals surface area contributed by atoms with Crippen LogP contribution in [0.25, 0.3) is 0 Å². The van der Waals surface area contributed by atoms with E-state index in [4.69, 9.17) is 17.0 Å². The monoisotopic (exact) mass is 461 g/mol. The number of hydrogen-bond acceptors (Lipinski definition) is 4. The largest absolute Gasteiger partial charge is 0.494 e. The van der Waals surface area contributed by atoms with Crippen molar-refractivity contribution in [1.29, 1.82) is 0 Å². The number of benzene rings is 3. The zero-order valence-corrected chi connectivity index (χ0v) is 19.5. The van der Waals surface area contributed by atoms with Gasteiger partial charge in [-0.2, -0.15) is 0 Å². The topological polar surface area (TPSA) is 70.7 Å². The van der Waals surface area contributed by atoms with Crippen LogP contribution in [0.3, 0.4) is 0 Å². The van der Waals surface area contributed by atoms with Crippen molar-refractivity contribution in [1.82, 2.24) is 10.2 Å². The highest BCUT2D eigenvalue weighted by Gasteiger charge is 2.17. The van der Waals surface area contributed by atoms with Crippen LogP contribution in [0.15, 0.2) is 78.9 Å². The van der Waals surface area contributed by atoms with Crippen LogP contribution in [0.2, 0.25) is 0 Å². The van der Waals surface area contributed by atoms with Gasteiger partial charge in [0, 0.05) is 19.2 Å². The molecule has 3 aromatic rings. The minimum absolute atomic E-state index is 0.103. The number of thiocarbonyl (C=S) groups is 1. The molecule has 0 aliphatic rings. The van der Waals surface area contributed by atoms with Crippen molar-refractivity contribution in [3.8, 4) is 5.75 Å². The highest BCUT2D eigenvalue weighted by atomic mass is 32.1. The molecule has 170 valence electrons. The lowest BCUT2D eigenvalue weighted by molar-refractivity contribution is 0.0786. The number of amides is 2. The van der Waals surface area contributed by atoms with Gasteiger partial charge in [0.15, 0.2) is 5.11 Å². The van der Waals surface area contributed by atoms with E-state index in [1.807, 2.05) is 37.3 Å². The zero-order chi connectivity index (χ0) is 23.6. The molecule has 0 bridgehead atoms. The number of para-hydroxylation sites is 1. The van der Waals surface area contributed by atoms with Gasteiger partial charge in [-0.1, -0.05) is 55.5 Å². The Balaban J connectivity index is 1.66. The predicted octanol–water partition coefficient (Wildman–Crippen LogP) is 4.87. The summed E-state index contributed by atoms with van der Waals surface area (Å²) < 4.78 is 5.58. The molecule has 0 fully saturated rings. The first-order chi connectivity index (χ1) is 16.0. The van der Waals surface area contributed by atoms with E-state index < -0.39 is 0 Å². The SMILES string of the molecule is CCCOc1cccc(C(=O)NC(=S)Nc2ccccc2C(=O)N(C)Cc2ccccc2)c1. The number of anilines is 1. The second kappa shape index (κ2) is 11.8. The number of carbonyl (C=O) groups excluding carboxylic acids is 2. The maximum absolute atomic E-state index is 13.1. The molecule has 2 N–H and O–H groups in total. The van der Waals surface area contributed by atoms with Crippen molar-refractivity contribution in [2.75, 3.05) is 19.0 Å². The number of rotatable bonds is 8. The fourth-order valence-corrected chi connectivity index (χ4v) is 3.39. The first kappa shape index (κ1) is 23.9. The fourth-order valence-electron chi connectivity index (χ4n) is 3.19. The summed E-state index contributed by atoms with van der Waals surface area (Å²) >= 11 is 5.33. The second-order valence-electron chi connectivity index (χ2n) is 7.48. The zero-order valence-electron chi connectivity index (χ0n) is 18.7. The van der Waals surface area contributed by atoms with E-state index in [2.05, 4.69) is 10.6 Å². The highest BCUT2D eigenvalue weighted by Crippen LogP contribution is 2.18. The van der Waals surface area contributed by atoms with Crippen molar-refractivity contribution in [3.05, 3.63) is 95.6 Å². The van der Waals surface area contributed by atoms with Crippen molar-refractivity contribution < 1.29 is 14.3 Å². The van der Waals surface area contributed by atoms with Crippen LogP contribution in [0, 0.1) is 0 Å². The van der Waals surface area contributed by atoms with Gasteiger partial charge in [-0.25, -0.2) is 0 Å². The molecule has 7 heteroatoms. The molecule has 0 saturated heterocycles. The Morgan fingerprint density at radius 1 is 0.970 bits per heavy atom. The van der Waals surface area contributed by atoms with Gasteiger partial charge in [0.25, 0.3) is 11.8 Å². The van der Waals surface area contributed by atoms with E-state index >= 15 is 0 Å². The number of nitrogens with zero attached hydrogens (tertiary/aromatic N) is 1. The number of carbonyl (C=O) groups is 2. The Hall–Kier alpha value is -3.71. The van der Waals surface area contributed by atoms with Gasteiger partial charge in [-0.05, 0) is 54.5 Å². The van der Waals surface area contributed by atoms with E-state index in [1.54, 1.807) is 60.5 Å². The third-order valence-corrected chi connectivity index (χ3v) is 5.02. The Bertz CT molecular complexity index is 1120. The molecule has 0 spiro atoms. The van der Waals surface area contributed by atoms with Gasteiger partial charge in [0.05, 0.1) is 17.9 Å². The van der Waals surface area contributed by atoms with E-state index in [-0.39, 0.29) is 16.9 Å². The molecule has 0 radical (unpaired) electrons. The standard InChI is InChI=1S/C26H27N3O3S/c1-3-16-32-21-13-9-12-20(17-21)24(30)28-26(33)27-23-15-8-7-14-22(23)25(31)29(2)18-19-10-5-4-6-11-19/h4-15,17H,3,16,18H2,1-2H3,(H2,27,28,30,33). The van der Waals surface area contributed by atoms with Crippen molar-refractivity contribution in [3.63, 3.8) is 0 Å². The molecule has 0 saturated carbocycles. The lowest BCUT2D eigenvalue weighted by Crippen LogP contribution is -2.35. The van der Waals surface area contributed by atoms with Crippen molar-refractivity contribution >= 4 is 34.8 Å². The number of ether oxygens (including phenoxy) is 1. The normalized spacial score (nSPS) is 10.2. The number of hydrogen-bond donors (Lipinski definition) is 2. The first-order valence-electron chi connectivity index (χ1n) is 10.7. The van der Waals surface area contributed by atoms with Gasteiger partial charge >= 0.3 is 0 Å². The summed E-state index contributed by atoms with van der Waals surface area (Å²) in [6.07, 6.45) is 0.878. The van der Waals surface area contributed by atoms with Crippen LogP contribution in [-0.2, 0) is 6.54 Å². The molecule has 33 heavy (non-hydrogen) atoms. The van der Waals surface area contributed by atoms with Crippen LogP contribution < -0.4 is 15.4 Å². The summed E-state index contributed by atoms with van der Waals surface area (Å²) in [5, 5.41) is 5.75. The summed E-state index contributed by atoms with van der Waals surface area (Å²) in [7, 11) is 1.75. The summed E-state index contributed by atoms with van der Waals surface area (Å²) in [6.45, 7) is 3.07. The molecule has 0 unspecified atom stereocenters. The van der Waals surface area contributed by atoms with Gasteiger partial charge in [0.1, 0.15) is 5.75 Å². The van der Waals surface area contributed by atoms with E-state index in [0.717, 1.165) is 12.0 Å². The summed E-state index contributed by atoms with van der Waals surface area (Å²) in [5.74, 6) is 0.108. The maximum Gasteiger partial charge on any atom is 0.257 e. The smallest absolute Gasteiger partial charge is 0.257 e. The molecule has 2 amide bonds. The molecule has 3 rings (SSSR count). The third kappa shape index (κ3) is 6.89. The number of nitrogens with one attached hydrogen (secondary N) is 2. The molecule has 6 nitrogen and oxygen atoms in total. The molecule has 0 aromatic heterocycles. The van der Waals surface area contributed by atoms with Gasteiger partial charge < -0.3 is 15.0 Å². The lowest BCUT2D eigenvalue weighted by Gasteiger charge is -2.20. The van der Waals surface area contributed by atoms with Gasteiger partial charge in [0.2, 0.25) is 0 Å². The second-order valence-corrected chi connectivity index (χ2v) is 7.89. The van der Waals surface area contributed by atoms with Crippen LogP contribution in [0.1, 0.15) is 39.6 Å². The van der Waals surface area contributed by atoms with Crippen molar-refractivity contribution in [2.24, 2.45) is 0 Å². The fraction of sp³-hybridized carbons (Fsp3) is 0.192. The molecular weight excluding hydrogens is 434 g/mol. The quantitative estimate of drug-likeness (QED) is 0.468. The Morgan fingerprint density at radius 3 is 2.45 bits per heavy atom. The maximum atomic E-state index is 13.1.